The zero-order valence-electron chi connectivity index (χ0n) is 21.6. The number of anilines is 1. The van der Waals surface area contributed by atoms with E-state index < -0.39 is 6.04 Å². The average Bonchev–Trinajstić information content (AvgIpc) is 3.19. The van der Waals surface area contributed by atoms with Crippen LogP contribution in [0.3, 0.4) is 0 Å². The molecule has 7 heteroatoms. The summed E-state index contributed by atoms with van der Waals surface area (Å²) in [5.74, 6) is 1.47. The summed E-state index contributed by atoms with van der Waals surface area (Å²) in [7, 11) is 1.56. The molecule has 3 aromatic carbocycles. The Bertz CT molecular complexity index is 1550. The van der Waals surface area contributed by atoms with Crippen molar-refractivity contribution in [3.63, 3.8) is 0 Å². The molecule has 5 rings (SSSR count). The largest absolute Gasteiger partial charge is 0.494 e. The highest BCUT2D eigenvalue weighted by Gasteiger charge is 2.44. The van der Waals surface area contributed by atoms with Crippen LogP contribution in [0.25, 0.3) is 11.0 Å². The summed E-state index contributed by atoms with van der Waals surface area (Å²) >= 11 is 0. The number of ether oxygens (including phenoxy) is 3. The fourth-order valence-electron chi connectivity index (χ4n) is 4.81. The van der Waals surface area contributed by atoms with E-state index in [1.807, 2.05) is 76.2 Å². The summed E-state index contributed by atoms with van der Waals surface area (Å²) in [6.07, 6.45) is 0. The van der Waals surface area contributed by atoms with Crippen molar-refractivity contribution in [2.75, 3.05) is 25.2 Å². The molecule has 37 heavy (non-hydrogen) atoms. The van der Waals surface area contributed by atoms with Crippen LogP contribution in [0, 0.1) is 13.8 Å². The second-order valence-corrected chi connectivity index (χ2v) is 8.95. The lowest BCUT2D eigenvalue weighted by Crippen LogP contribution is -2.29. The molecule has 0 N–H and O–H groups in total. The number of carbonyl (C=O) groups excluding carboxylic acids is 1. The highest BCUT2D eigenvalue weighted by atomic mass is 16.5. The second kappa shape index (κ2) is 9.65. The minimum atomic E-state index is -0.715. The van der Waals surface area contributed by atoms with Gasteiger partial charge in [-0.25, -0.2) is 0 Å². The molecule has 0 saturated heterocycles. The third-order valence-corrected chi connectivity index (χ3v) is 6.72. The molecule has 2 heterocycles. The van der Waals surface area contributed by atoms with E-state index in [-0.39, 0.29) is 17.1 Å². The van der Waals surface area contributed by atoms with Gasteiger partial charge in [-0.3, -0.25) is 14.5 Å². The summed E-state index contributed by atoms with van der Waals surface area (Å²) in [6.45, 7) is 8.72. The predicted octanol–water partition coefficient (Wildman–Crippen LogP) is 5.97. The number of aryl methyl sites for hydroxylation is 2. The van der Waals surface area contributed by atoms with Crippen LogP contribution in [-0.4, -0.2) is 26.2 Å². The Labute approximate surface area is 215 Å². The van der Waals surface area contributed by atoms with E-state index in [0.717, 1.165) is 11.1 Å². The van der Waals surface area contributed by atoms with Crippen molar-refractivity contribution in [2.24, 2.45) is 0 Å². The van der Waals surface area contributed by atoms with Crippen molar-refractivity contribution < 1.29 is 23.4 Å². The smallest absolute Gasteiger partial charge is 0.295 e. The molecule has 0 bridgehead atoms. The fourth-order valence-corrected chi connectivity index (χ4v) is 4.81. The Morgan fingerprint density at radius 2 is 1.57 bits per heavy atom. The van der Waals surface area contributed by atoms with Crippen LogP contribution in [-0.2, 0) is 0 Å². The molecular formula is C30H29NO6. The third kappa shape index (κ3) is 4.10. The predicted molar refractivity (Wildman–Crippen MR) is 142 cm³/mol. The van der Waals surface area contributed by atoms with E-state index in [2.05, 4.69) is 0 Å². The van der Waals surface area contributed by atoms with E-state index in [0.29, 0.717) is 58.2 Å². The molecule has 1 aliphatic rings. The number of rotatable bonds is 7. The van der Waals surface area contributed by atoms with Gasteiger partial charge in [0.05, 0.1) is 37.3 Å². The molecule has 1 aliphatic heterocycles. The first-order chi connectivity index (χ1) is 17.9. The van der Waals surface area contributed by atoms with Gasteiger partial charge < -0.3 is 18.6 Å². The Morgan fingerprint density at radius 3 is 2.24 bits per heavy atom. The van der Waals surface area contributed by atoms with Gasteiger partial charge in [-0.1, -0.05) is 6.07 Å². The molecule has 0 spiro atoms. The third-order valence-electron chi connectivity index (χ3n) is 6.72. The highest BCUT2D eigenvalue weighted by molar-refractivity contribution is 6.10. The zero-order chi connectivity index (χ0) is 26.3. The number of amides is 1. The topological polar surface area (TPSA) is 78.2 Å². The van der Waals surface area contributed by atoms with Gasteiger partial charge in [-0.15, -0.1) is 0 Å². The van der Waals surface area contributed by atoms with Gasteiger partial charge in [0.2, 0.25) is 5.76 Å². The lowest BCUT2D eigenvalue weighted by Gasteiger charge is -2.26. The van der Waals surface area contributed by atoms with E-state index in [1.165, 1.54) is 0 Å². The van der Waals surface area contributed by atoms with Crippen LogP contribution >= 0.6 is 0 Å². The summed E-state index contributed by atoms with van der Waals surface area (Å²) < 4.78 is 23.0. The van der Waals surface area contributed by atoms with Crippen molar-refractivity contribution in [3.05, 3.63) is 92.8 Å². The van der Waals surface area contributed by atoms with E-state index in [9.17, 15) is 9.59 Å². The summed E-state index contributed by atoms with van der Waals surface area (Å²) in [5.41, 5.74) is 3.77. The maximum Gasteiger partial charge on any atom is 0.295 e. The Kier molecular flexibility index (Phi) is 6.38. The molecule has 7 nitrogen and oxygen atoms in total. The molecule has 4 aromatic rings. The first-order valence-corrected chi connectivity index (χ1v) is 12.3. The molecule has 1 amide bonds. The maximum absolute atomic E-state index is 13.9. The van der Waals surface area contributed by atoms with Crippen molar-refractivity contribution in [2.45, 2.75) is 33.7 Å². The molecular weight excluding hydrogens is 470 g/mol. The lowest BCUT2D eigenvalue weighted by atomic mass is 9.97. The molecule has 0 aliphatic carbocycles. The molecule has 1 aromatic heterocycles. The summed E-state index contributed by atoms with van der Waals surface area (Å²) in [5, 5.41) is 0.450. The minimum Gasteiger partial charge on any atom is -0.494 e. The molecule has 190 valence electrons. The van der Waals surface area contributed by atoms with Crippen molar-refractivity contribution in [1.82, 2.24) is 0 Å². The number of hydrogen-bond donors (Lipinski definition) is 0. The normalized spacial score (nSPS) is 14.7. The molecule has 1 atom stereocenters. The van der Waals surface area contributed by atoms with Gasteiger partial charge in [-0.05, 0) is 92.9 Å². The van der Waals surface area contributed by atoms with Crippen molar-refractivity contribution >= 4 is 22.6 Å². The summed E-state index contributed by atoms with van der Waals surface area (Å²) in [4.78, 5) is 29.4. The van der Waals surface area contributed by atoms with Crippen LogP contribution < -0.4 is 24.5 Å². The van der Waals surface area contributed by atoms with Gasteiger partial charge in [-0.2, -0.15) is 0 Å². The SMILES string of the molecule is CCOc1ccc(N2C(=O)c3oc4cc(C)c(C)cc4c(=O)c3C2c2ccc(OCC)c(OC)c2)cc1. The number of nitrogens with zero attached hydrogens (tertiary/aromatic N) is 1. The second-order valence-electron chi connectivity index (χ2n) is 8.95. The average molecular weight is 500 g/mol. The first-order valence-electron chi connectivity index (χ1n) is 12.3. The van der Waals surface area contributed by atoms with E-state index in [4.69, 9.17) is 18.6 Å². The number of benzene rings is 3. The first kappa shape index (κ1) is 24.4. The van der Waals surface area contributed by atoms with Gasteiger partial charge in [0.25, 0.3) is 5.91 Å². The van der Waals surface area contributed by atoms with Crippen LogP contribution in [0.4, 0.5) is 5.69 Å². The van der Waals surface area contributed by atoms with Crippen molar-refractivity contribution in [1.29, 1.82) is 0 Å². The highest BCUT2D eigenvalue weighted by Crippen LogP contribution is 2.43. The van der Waals surface area contributed by atoms with Gasteiger partial charge in [0.15, 0.2) is 16.9 Å². The van der Waals surface area contributed by atoms with Gasteiger partial charge in [0.1, 0.15) is 11.3 Å². The van der Waals surface area contributed by atoms with Gasteiger partial charge >= 0.3 is 0 Å². The Balaban J connectivity index is 1.75. The number of hydrogen-bond acceptors (Lipinski definition) is 6. The molecule has 1 unspecified atom stereocenters. The summed E-state index contributed by atoms with van der Waals surface area (Å²) in [6, 6.07) is 15.6. The quantitative estimate of drug-likeness (QED) is 0.312. The van der Waals surface area contributed by atoms with E-state index in [1.54, 1.807) is 18.1 Å². The maximum atomic E-state index is 13.9. The van der Waals surface area contributed by atoms with Crippen molar-refractivity contribution in [3.8, 4) is 17.2 Å². The van der Waals surface area contributed by atoms with Crippen LogP contribution in [0.5, 0.6) is 17.2 Å². The monoisotopic (exact) mass is 499 g/mol. The zero-order valence-corrected chi connectivity index (χ0v) is 21.6. The standard InChI is InChI=1S/C30H29NO6/c1-6-35-21-11-9-20(10-12-21)31-27(19-8-13-23(36-7-2)25(16-19)34-5)26-28(32)22-14-17(3)18(4)15-24(22)37-29(26)30(31)33/h8-16,27H,6-7H2,1-5H3. The number of carbonyl (C=O) groups is 1. The number of methoxy groups -OCH3 is 1. The molecule has 0 radical (unpaired) electrons. The van der Waals surface area contributed by atoms with Crippen LogP contribution in [0.15, 0.2) is 63.8 Å². The number of fused-ring (bicyclic) bond motifs is 2. The Hall–Kier alpha value is -4.26. The van der Waals surface area contributed by atoms with Gasteiger partial charge in [0, 0.05) is 5.69 Å². The minimum absolute atomic E-state index is 0.0486. The lowest BCUT2D eigenvalue weighted by molar-refractivity contribution is 0.0971. The molecule has 0 saturated carbocycles. The Morgan fingerprint density at radius 1 is 0.865 bits per heavy atom. The fraction of sp³-hybridized carbons (Fsp3) is 0.267. The van der Waals surface area contributed by atoms with E-state index >= 15 is 0 Å². The molecule has 0 fully saturated rings. The van der Waals surface area contributed by atoms with Crippen LogP contribution in [0.2, 0.25) is 0 Å². The van der Waals surface area contributed by atoms with Crippen LogP contribution in [0.1, 0.15) is 52.7 Å².